The van der Waals surface area contributed by atoms with Crippen LogP contribution in [0.3, 0.4) is 0 Å². The van der Waals surface area contributed by atoms with Crippen LogP contribution in [-0.2, 0) is 20.9 Å². The molecule has 2 fully saturated rings. The third kappa shape index (κ3) is 4.39. The number of amides is 2. The van der Waals surface area contributed by atoms with Crippen LogP contribution in [0.25, 0.3) is 11.6 Å². The number of nitrogens with zero attached hydrogens (tertiary/aromatic N) is 2. The highest BCUT2D eigenvalue weighted by molar-refractivity contribution is 6.05. The summed E-state index contributed by atoms with van der Waals surface area (Å²) < 4.78 is 12.0. The van der Waals surface area contributed by atoms with E-state index in [1.807, 2.05) is 30.3 Å². The SMILES string of the molecule is CCCC1=C2[C@@H](CC/C(=C/c3ccc(CO)o3)c3ccccn3)OC[C@@H]2[C@@H]2C(=O)N(C)C(=O)[C@@H]2C1. The molecule has 0 spiro atoms. The minimum Gasteiger partial charge on any atom is -0.459 e. The van der Waals surface area contributed by atoms with Gasteiger partial charge in [-0.25, -0.2) is 0 Å². The van der Waals surface area contributed by atoms with E-state index in [0.29, 0.717) is 31.0 Å². The van der Waals surface area contributed by atoms with Crippen LogP contribution in [0.15, 0.2) is 52.1 Å². The van der Waals surface area contributed by atoms with Gasteiger partial charge in [0.15, 0.2) is 0 Å². The van der Waals surface area contributed by atoms with Crippen molar-refractivity contribution in [2.75, 3.05) is 13.7 Å². The molecule has 2 saturated heterocycles. The first-order chi connectivity index (χ1) is 17.0. The Morgan fingerprint density at radius 1 is 1.20 bits per heavy atom. The lowest BCUT2D eigenvalue weighted by Gasteiger charge is -2.32. The number of rotatable bonds is 8. The fourth-order valence-corrected chi connectivity index (χ4v) is 6.01. The lowest BCUT2D eigenvalue weighted by atomic mass is 9.68. The van der Waals surface area contributed by atoms with Crippen molar-refractivity contribution in [1.82, 2.24) is 9.88 Å². The summed E-state index contributed by atoms with van der Waals surface area (Å²) in [4.78, 5) is 31.5. The van der Waals surface area contributed by atoms with E-state index in [9.17, 15) is 14.7 Å². The maximum absolute atomic E-state index is 12.9. The van der Waals surface area contributed by atoms with Crippen molar-refractivity contribution < 1.29 is 23.8 Å². The van der Waals surface area contributed by atoms with Crippen molar-refractivity contribution in [3.63, 3.8) is 0 Å². The van der Waals surface area contributed by atoms with Crippen molar-refractivity contribution in [2.45, 2.75) is 51.7 Å². The van der Waals surface area contributed by atoms with Crippen molar-refractivity contribution in [3.05, 3.63) is 64.9 Å². The highest BCUT2D eigenvalue weighted by atomic mass is 16.5. The number of carbonyl (C=O) groups is 2. The number of aliphatic hydroxyl groups excluding tert-OH is 1. The molecule has 2 amide bonds. The van der Waals surface area contributed by atoms with E-state index >= 15 is 0 Å². The van der Waals surface area contributed by atoms with Gasteiger partial charge in [0.1, 0.15) is 18.1 Å². The van der Waals surface area contributed by atoms with Gasteiger partial charge in [0.2, 0.25) is 11.8 Å². The Bertz CT molecular complexity index is 1170. The largest absolute Gasteiger partial charge is 0.459 e. The number of ether oxygens (including phenoxy) is 1. The molecule has 184 valence electrons. The lowest BCUT2D eigenvalue weighted by molar-refractivity contribution is -0.138. The molecular weight excluding hydrogens is 444 g/mol. The van der Waals surface area contributed by atoms with Crippen LogP contribution in [0, 0.1) is 17.8 Å². The van der Waals surface area contributed by atoms with Crippen LogP contribution in [0.1, 0.15) is 56.2 Å². The van der Waals surface area contributed by atoms with E-state index in [0.717, 1.165) is 30.5 Å². The maximum atomic E-state index is 12.9. The normalized spacial score (nSPS) is 26.5. The number of hydrogen-bond acceptors (Lipinski definition) is 6. The number of pyridine rings is 1. The van der Waals surface area contributed by atoms with Gasteiger partial charge in [-0.2, -0.15) is 0 Å². The Hall–Kier alpha value is -3.03. The first-order valence-electron chi connectivity index (χ1n) is 12.5. The number of aromatic nitrogens is 1. The summed E-state index contributed by atoms with van der Waals surface area (Å²) in [5.74, 6) is 0.537. The quantitative estimate of drug-likeness (QED) is 0.453. The average Bonchev–Trinajstić information content (AvgIpc) is 3.57. The van der Waals surface area contributed by atoms with Crippen molar-refractivity contribution in [3.8, 4) is 0 Å². The Morgan fingerprint density at radius 2 is 2.06 bits per heavy atom. The highest BCUT2D eigenvalue weighted by Gasteiger charge is 2.55. The van der Waals surface area contributed by atoms with Crippen LogP contribution in [-0.4, -0.2) is 46.6 Å². The number of hydrogen-bond donors (Lipinski definition) is 1. The molecule has 0 aromatic carbocycles. The summed E-state index contributed by atoms with van der Waals surface area (Å²) in [5.41, 5.74) is 4.45. The zero-order valence-corrected chi connectivity index (χ0v) is 20.3. The minimum absolute atomic E-state index is 0.0128. The number of imide groups is 1. The smallest absolute Gasteiger partial charge is 0.233 e. The second kappa shape index (κ2) is 9.91. The number of fused-ring (bicyclic) bond motifs is 3. The van der Waals surface area contributed by atoms with Crippen LogP contribution < -0.4 is 0 Å². The van der Waals surface area contributed by atoms with E-state index in [4.69, 9.17) is 9.15 Å². The van der Waals surface area contributed by atoms with Gasteiger partial charge in [0, 0.05) is 19.2 Å². The summed E-state index contributed by atoms with van der Waals surface area (Å²) in [6.07, 6.45) is 7.73. The Kier molecular flexibility index (Phi) is 6.71. The Balaban J connectivity index is 1.42. The molecule has 0 unspecified atom stereocenters. The summed E-state index contributed by atoms with van der Waals surface area (Å²) in [6, 6.07) is 9.44. The van der Waals surface area contributed by atoms with Gasteiger partial charge in [-0.05, 0) is 67.2 Å². The van der Waals surface area contributed by atoms with E-state index in [1.165, 1.54) is 16.0 Å². The molecule has 5 rings (SSSR count). The second-order valence-electron chi connectivity index (χ2n) is 9.69. The summed E-state index contributed by atoms with van der Waals surface area (Å²) in [7, 11) is 1.61. The molecule has 2 aromatic heterocycles. The average molecular weight is 477 g/mol. The molecule has 7 heteroatoms. The van der Waals surface area contributed by atoms with Gasteiger partial charge >= 0.3 is 0 Å². The molecule has 7 nitrogen and oxygen atoms in total. The zero-order valence-electron chi connectivity index (χ0n) is 20.3. The predicted octanol–water partition coefficient (Wildman–Crippen LogP) is 4.23. The molecule has 1 aliphatic carbocycles. The Labute approximate surface area is 205 Å². The standard InChI is InChI=1S/C28H32N2O5/c1-3-6-18-14-21-26(28(33)30(2)27(21)32)22-16-34-24(25(18)22)11-8-17(23-7-4-5-12-29-23)13-19-9-10-20(15-31)35-19/h4-5,7,9-10,12-13,21-22,24,26,31H,3,6,8,11,14-16H2,1-2H3/b17-13-/t21-,22+,24-,26-/m1/s1. The van der Waals surface area contributed by atoms with Gasteiger partial charge in [0.25, 0.3) is 0 Å². The predicted molar refractivity (Wildman–Crippen MR) is 131 cm³/mol. The molecule has 3 aliphatic rings. The molecule has 4 atom stereocenters. The fraction of sp³-hybridized carbons (Fsp3) is 0.464. The van der Waals surface area contributed by atoms with Crippen LogP contribution in [0.2, 0.25) is 0 Å². The third-order valence-electron chi connectivity index (χ3n) is 7.60. The zero-order chi connectivity index (χ0) is 24.5. The van der Waals surface area contributed by atoms with E-state index < -0.39 is 0 Å². The van der Waals surface area contributed by atoms with Gasteiger partial charge in [-0.3, -0.25) is 19.5 Å². The lowest BCUT2D eigenvalue weighted by Crippen LogP contribution is -2.34. The number of allylic oxidation sites excluding steroid dienone is 2. The van der Waals surface area contributed by atoms with Gasteiger partial charge in [0.05, 0.1) is 30.2 Å². The van der Waals surface area contributed by atoms with Gasteiger partial charge < -0.3 is 14.3 Å². The summed E-state index contributed by atoms with van der Waals surface area (Å²) in [6.45, 7) is 2.50. The summed E-state index contributed by atoms with van der Waals surface area (Å²) in [5, 5.41) is 9.35. The van der Waals surface area contributed by atoms with Crippen LogP contribution >= 0.6 is 0 Å². The number of aliphatic hydroxyl groups is 1. The van der Waals surface area contributed by atoms with E-state index in [-0.39, 0.29) is 42.3 Å². The van der Waals surface area contributed by atoms with E-state index in [1.54, 1.807) is 19.3 Å². The van der Waals surface area contributed by atoms with Gasteiger partial charge in [-0.15, -0.1) is 0 Å². The molecule has 0 bridgehead atoms. The minimum atomic E-state index is -0.293. The number of furan rings is 1. The molecule has 35 heavy (non-hydrogen) atoms. The van der Waals surface area contributed by atoms with Gasteiger partial charge in [-0.1, -0.05) is 25.0 Å². The molecule has 0 radical (unpaired) electrons. The molecular formula is C28H32N2O5. The molecule has 2 aliphatic heterocycles. The van der Waals surface area contributed by atoms with Crippen molar-refractivity contribution in [1.29, 1.82) is 0 Å². The summed E-state index contributed by atoms with van der Waals surface area (Å²) >= 11 is 0. The van der Waals surface area contributed by atoms with Crippen LogP contribution in [0.5, 0.6) is 0 Å². The number of likely N-dealkylation sites (tertiary alicyclic amines) is 1. The van der Waals surface area contributed by atoms with E-state index in [2.05, 4.69) is 11.9 Å². The molecule has 0 saturated carbocycles. The topological polar surface area (TPSA) is 92.9 Å². The molecule has 4 heterocycles. The highest BCUT2D eigenvalue weighted by Crippen LogP contribution is 2.50. The second-order valence-corrected chi connectivity index (χ2v) is 9.69. The third-order valence-corrected chi connectivity index (χ3v) is 7.60. The van der Waals surface area contributed by atoms with Crippen LogP contribution in [0.4, 0.5) is 0 Å². The van der Waals surface area contributed by atoms with Crippen molar-refractivity contribution in [2.24, 2.45) is 17.8 Å². The monoisotopic (exact) mass is 476 g/mol. The fourth-order valence-electron chi connectivity index (χ4n) is 6.01. The molecule has 2 aromatic rings. The first-order valence-corrected chi connectivity index (χ1v) is 12.5. The number of carbonyl (C=O) groups excluding carboxylic acids is 2. The van der Waals surface area contributed by atoms with Crippen molar-refractivity contribution >= 4 is 23.5 Å². The first kappa shape index (κ1) is 23.7. The molecule has 1 N–H and O–H groups in total. The Morgan fingerprint density at radius 3 is 2.77 bits per heavy atom. The maximum Gasteiger partial charge on any atom is 0.233 e.